The molecule has 25 heavy (non-hydrogen) atoms. The highest BCUT2D eigenvalue weighted by atomic mass is 32.1. The second-order valence-corrected chi connectivity index (χ2v) is 6.23. The molecule has 3 rings (SSSR count). The Hall–Kier alpha value is -2.58. The maximum atomic E-state index is 12.3. The fourth-order valence-electron chi connectivity index (χ4n) is 2.37. The molecule has 0 fully saturated rings. The number of nitrogens with zero attached hydrogens (tertiary/aromatic N) is 3. The molecule has 0 saturated carbocycles. The lowest BCUT2D eigenvalue weighted by Gasteiger charge is -2.05. The summed E-state index contributed by atoms with van der Waals surface area (Å²) in [5.74, 6) is -0.122. The van der Waals surface area contributed by atoms with Gasteiger partial charge < -0.3 is 15.2 Å². The van der Waals surface area contributed by atoms with E-state index >= 15 is 0 Å². The van der Waals surface area contributed by atoms with Gasteiger partial charge in [-0.2, -0.15) is 4.98 Å². The van der Waals surface area contributed by atoms with Crippen LogP contribution in [-0.2, 0) is 4.74 Å². The number of amides is 1. The summed E-state index contributed by atoms with van der Waals surface area (Å²) in [4.78, 5) is 25.6. The number of fused-ring (bicyclic) bond motifs is 1. The van der Waals surface area contributed by atoms with E-state index < -0.39 is 0 Å². The zero-order valence-electron chi connectivity index (χ0n) is 13.7. The van der Waals surface area contributed by atoms with Gasteiger partial charge in [-0.1, -0.05) is 6.07 Å². The molecule has 0 saturated heterocycles. The summed E-state index contributed by atoms with van der Waals surface area (Å²) < 4.78 is 4.98. The van der Waals surface area contributed by atoms with Crippen molar-refractivity contribution in [3.63, 3.8) is 0 Å². The number of thiophene rings is 1. The highest BCUT2D eigenvalue weighted by molar-refractivity contribution is 7.17. The average Bonchev–Trinajstić information content (AvgIpc) is 3.07. The second-order valence-electron chi connectivity index (χ2n) is 5.37. The van der Waals surface area contributed by atoms with Crippen molar-refractivity contribution in [2.45, 2.75) is 12.8 Å². The van der Waals surface area contributed by atoms with Crippen LogP contribution in [0.5, 0.6) is 5.88 Å². The van der Waals surface area contributed by atoms with Crippen LogP contribution >= 0.6 is 11.3 Å². The number of carbonyl (C=O) groups excluding carboxylic acids is 1. The minimum atomic E-state index is -0.242. The van der Waals surface area contributed by atoms with Crippen molar-refractivity contribution in [3.05, 3.63) is 35.3 Å². The monoisotopic (exact) mass is 358 g/mol. The van der Waals surface area contributed by atoms with Crippen molar-refractivity contribution >= 4 is 27.5 Å². The molecule has 0 aliphatic rings. The highest BCUT2D eigenvalue weighted by Gasteiger charge is 2.19. The second kappa shape index (κ2) is 8.00. The number of methoxy groups -OCH3 is 1. The molecule has 0 atom stereocenters. The number of pyridine rings is 1. The minimum Gasteiger partial charge on any atom is -0.493 e. The fourth-order valence-corrected chi connectivity index (χ4v) is 3.28. The third-order valence-corrected chi connectivity index (χ3v) is 4.49. The van der Waals surface area contributed by atoms with E-state index in [4.69, 9.17) is 4.74 Å². The number of rotatable bonds is 7. The first-order valence-corrected chi connectivity index (χ1v) is 8.75. The van der Waals surface area contributed by atoms with E-state index in [2.05, 4.69) is 20.3 Å². The standard InChI is InChI=1S/C17H18N4O3S/c1-24-9-5-4-8-19-15(22)11-10-25-17-13(11)16(23)20-14(21-17)12-6-2-3-7-18-12/h2-3,6-7,10H,4-5,8-9H2,1H3,(H,19,22)(H,20,21,23). The molecule has 3 heterocycles. The van der Waals surface area contributed by atoms with E-state index in [1.807, 2.05) is 6.07 Å². The van der Waals surface area contributed by atoms with Gasteiger partial charge in [0.15, 0.2) is 5.82 Å². The van der Waals surface area contributed by atoms with E-state index in [1.165, 1.54) is 11.3 Å². The molecule has 0 radical (unpaired) electrons. The first kappa shape index (κ1) is 17.2. The number of unbranched alkanes of at least 4 members (excludes halogenated alkanes) is 1. The van der Waals surface area contributed by atoms with Crippen LogP contribution in [0.3, 0.4) is 0 Å². The van der Waals surface area contributed by atoms with Gasteiger partial charge in [-0.25, -0.2) is 4.98 Å². The Kier molecular flexibility index (Phi) is 5.52. The lowest BCUT2D eigenvalue weighted by molar-refractivity contribution is 0.0953. The molecule has 0 aliphatic heterocycles. The highest BCUT2D eigenvalue weighted by Crippen LogP contribution is 2.32. The Morgan fingerprint density at radius 1 is 1.32 bits per heavy atom. The molecule has 8 heteroatoms. The Bertz CT molecular complexity index is 867. The van der Waals surface area contributed by atoms with Crippen molar-refractivity contribution in [2.75, 3.05) is 20.3 Å². The molecule has 7 nitrogen and oxygen atoms in total. The summed E-state index contributed by atoms with van der Waals surface area (Å²) in [7, 11) is 1.65. The largest absolute Gasteiger partial charge is 0.493 e. The van der Waals surface area contributed by atoms with Crippen LogP contribution in [-0.4, -0.2) is 46.2 Å². The first-order valence-electron chi connectivity index (χ1n) is 7.87. The van der Waals surface area contributed by atoms with Crippen molar-refractivity contribution in [3.8, 4) is 17.4 Å². The Labute approximate surface area is 148 Å². The molecule has 0 unspecified atom stereocenters. The normalized spacial score (nSPS) is 10.9. The maximum absolute atomic E-state index is 12.3. The molecule has 0 aromatic carbocycles. The third-order valence-electron chi connectivity index (χ3n) is 3.61. The third kappa shape index (κ3) is 3.92. The summed E-state index contributed by atoms with van der Waals surface area (Å²) in [6.07, 6.45) is 3.34. The molecular formula is C17H18N4O3S. The number of nitrogens with one attached hydrogen (secondary N) is 1. The van der Waals surface area contributed by atoms with Gasteiger partial charge in [-0.15, -0.1) is 11.3 Å². The number of aromatic hydroxyl groups is 1. The van der Waals surface area contributed by atoms with E-state index in [0.29, 0.717) is 40.5 Å². The van der Waals surface area contributed by atoms with E-state index in [1.54, 1.807) is 30.8 Å². The van der Waals surface area contributed by atoms with Crippen LogP contribution in [0.4, 0.5) is 0 Å². The van der Waals surface area contributed by atoms with E-state index in [0.717, 1.165) is 12.8 Å². The SMILES string of the molecule is COCCCCNC(=O)c1csc2nc(-c3ccccn3)nc(O)c12. The van der Waals surface area contributed by atoms with Gasteiger partial charge in [0.05, 0.1) is 10.9 Å². The first-order chi connectivity index (χ1) is 12.2. The molecule has 0 bridgehead atoms. The van der Waals surface area contributed by atoms with Crippen molar-refractivity contribution in [1.82, 2.24) is 20.3 Å². The summed E-state index contributed by atoms with van der Waals surface area (Å²) in [5.41, 5.74) is 0.953. The molecule has 3 aromatic rings. The predicted octanol–water partition coefficient (Wildman–Crippen LogP) is 2.62. The minimum absolute atomic E-state index is 0.212. The van der Waals surface area contributed by atoms with Crippen molar-refractivity contribution < 1.29 is 14.6 Å². The molecule has 0 spiro atoms. The van der Waals surface area contributed by atoms with Crippen LogP contribution < -0.4 is 5.32 Å². The quantitative estimate of drug-likeness (QED) is 0.630. The van der Waals surface area contributed by atoms with Gasteiger partial charge in [0.25, 0.3) is 5.91 Å². The van der Waals surface area contributed by atoms with Crippen LogP contribution in [0, 0.1) is 0 Å². The van der Waals surface area contributed by atoms with Crippen LogP contribution in [0.25, 0.3) is 21.7 Å². The number of aromatic nitrogens is 3. The van der Waals surface area contributed by atoms with Gasteiger partial charge in [-0.05, 0) is 25.0 Å². The Balaban J connectivity index is 1.80. The average molecular weight is 358 g/mol. The lowest BCUT2D eigenvalue weighted by Crippen LogP contribution is -2.24. The zero-order chi connectivity index (χ0) is 17.6. The lowest BCUT2D eigenvalue weighted by atomic mass is 10.2. The van der Waals surface area contributed by atoms with Crippen LogP contribution in [0.15, 0.2) is 29.8 Å². The van der Waals surface area contributed by atoms with Gasteiger partial charge in [-0.3, -0.25) is 9.78 Å². The van der Waals surface area contributed by atoms with Gasteiger partial charge in [0.2, 0.25) is 5.88 Å². The summed E-state index contributed by atoms with van der Waals surface area (Å²) in [6.45, 7) is 1.22. The summed E-state index contributed by atoms with van der Waals surface area (Å²) in [5, 5.41) is 15.2. The van der Waals surface area contributed by atoms with E-state index in [-0.39, 0.29) is 11.8 Å². The van der Waals surface area contributed by atoms with Gasteiger partial charge in [0, 0.05) is 31.8 Å². The van der Waals surface area contributed by atoms with Crippen molar-refractivity contribution in [2.24, 2.45) is 0 Å². The summed E-state index contributed by atoms with van der Waals surface area (Å²) in [6, 6.07) is 5.38. The number of carbonyl (C=O) groups is 1. The van der Waals surface area contributed by atoms with Crippen molar-refractivity contribution in [1.29, 1.82) is 0 Å². The topological polar surface area (TPSA) is 97.2 Å². The Morgan fingerprint density at radius 3 is 2.96 bits per heavy atom. The Morgan fingerprint density at radius 2 is 2.20 bits per heavy atom. The maximum Gasteiger partial charge on any atom is 0.253 e. The smallest absolute Gasteiger partial charge is 0.253 e. The molecular weight excluding hydrogens is 340 g/mol. The number of ether oxygens (including phenoxy) is 1. The summed E-state index contributed by atoms with van der Waals surface area (Å²) >= 11 is 1.29. The van der Waals surface area contributed by atoms with Crippen LogP contribution in [0.1, 0.15) is 23.2 Å². The molecule has 1 amide bonds. The molecule has 130 valence electrons. The van der Waals surface area contributed by atoms with Crippen LogP contribution in [0.2, 0.25) is 0 Å². The molecule has 3 aromatic heterocycles. The predicted molar refractivity (Wildman–Crippen MR) is 95.8 cm³/mol. The zero-order valence-corrected chi connectivity index (χ0v) is 14.5. The fraction of sp³-hybridized carbons (Fsp3) is 0.294. The van der Waals surface area contributed by atoms with E-state index in [9.17, 15) is 9.90 Å². The van der Waals surface area contributed by atoms with Gasteiger partial charge in [0.1, 0.15) is 10.5 Å². The van der Waals surface area contributed by atoms with Gasteiger partial charge >= 0.3 is 0 Å². The number of hydrogen-bond donors (Lipinski definition) is 2. The molecule has 2 N–H and O–H groups in total. The molecule has 0 aliphatic carbocycles. The number of hydrogen-bond acceptors (Lipinski definition) is 7.